The van der Waals surface area contributed by atoms with E-state index in [1.165, 1.54) is 19.1 Å². The molecule has 0 aromatic heterocycles. The number of halogens is 6. The number of hydrogen-bond donors (Lipinski definition) is 2. The van der Waals surface area contributed by atoms with E-state index in [9.17, 15) is 40.7 Å². The van der Waals surface area contributed by atoms with Gasteiger partial charge in [0.05, 0.1) is 30.9 Å². The first-order valence-electron chi connectivity index (χ1n) is 15.0. The molecule has 0 aliphatic rings. The van der Waals surface area contributed by atoms with Crippen LogP contribution in [0.3, 0.4) is 0 Å². The molecule has 270 valence electrons. The summed E-state index contributed by atoms with van der Waals surface area (Å²) in [5.41, 5.74) is -6.30. The van der Waals surface area contributed by atoms with E-state index in [1.807, 2.05) is 0 Å². The maximum absolute atomic E-state index is 13.6. The topological polar surface area (TPSA) is 112 Å². The van der Waals surface area contributed by atoms with Gasteiger partial charge in [-0.15, -0.1) is 0 Å². The third-order valence-corrected chi connectivity index (χ3v) is 6.90. The van der Waals surface area contributed by atoms with Gasteiger partial charge in [0.1, 0.15) is 23.4 Å². The fourth-order valence-corrected chi connectivity index (χ4v) is 4.51. The Bertz CT molecular complexity index is 1620. The summed E-state index contributed by atoms with van der Waals surface area (Å²) in [5, 5.41) is 4.88. The molecular weight excluding hydrogens is 674 g/mol. The number of methoxy groups -OCH3 is 1. The summed E-state index contributed by atoms with van der Waals surface area (Å²) >= 11 is 0. The van der Waals surface area contributed by atoms with Crippen molar-refractivity contribution in [3.8, 4) is 0 Å². The van der Waals surface area contributed by atoms with Gasteiger partial charge in [-0.2, -0.15) is 26.3 Å². The molecule has 0 spiro atoms. The molecule has 2 amide bonds. The molecule has 9 nitrogen and oxygen atoms in total. The summed E-state index contributed by atoms with van der Waals surface area (Å²) < 4.78 is 103. The van der Waals surface area contributed by atoms with E-state index in [2.05, 4.69) is 10.6 Å². The Morgan fingerprint density at radius 2 is 1.32 bits per heavy atom. The number of carbonyl (C=O) groups excluding carboxylic acids is 3. The van der Waals surface area contributed by atoms with Gasteiger partial charge in [0.2, 0.25) is 0 Å². The Labute approximate surface area is 284 Å². The molecule has 50 heavy (non-hydrogen) atoms. The van der Waals surface area contributed by atoms with Gasteiger partial charge in [-0.3, -0.25) is 5.32 Å². The summed E-state index contributed by atoms with van der Waals surface area (Å²) in [6.07, 6.45) is -12.8. The molecular formula is C35H36F6N2O7. The average Bonchev–Trinajstić information content (AvgIpc) is 3.04. The molecule has 0 radical (unpaired) electrons. The van der Waals surface area contributed by atoms with Gasteiger partial charge in [0.25, 0.3) is 0 Å². The molecule has 2 atom stereocenters. The fourth-order valence-electron chi connectivity index (χ4n) is 4.51. The van der Waals surface area contributed by atoms with E-state index in [4.69, 9.17) is 18.9 Å². The van der Waals surface area contributed by atoms with Crippen molar-refractivity contribution in [1.82, 2.24) is 10.6 Å². The van der Waals surface area contributed by atoms with Crippen LogP contribution in [0.25, 0.3) is 0 Å². The monoisotopic (exact) mass is 710 g/mol. The predicted molar refractivity (Wildman–Crippen MR) is 168 cm³/mol. The maximum Gasteiger partial charge on any atom is 0.416 e. The second-order valence-electron chi connectivity index (χ2n) is 12.0. The minimum Gasteiger partial charge on any atom is -0.464 e. The second kappa shape index (κ2) is 16.1. The lowest BCUT2D eigenvalue weighted by Gasteiger charge is -2.34. The lowest BCUT2D eigenvalue weighted by Crippen LogP contribution is -2.49. The minimum atomic E-state index is -5.11. The summed E-state index contributed by atoms with van der Waals surface area (Å²) in [6.45, 7) is 5.00. The van der Waals surface area contributed by atoms with Crippen LogP contribution in [-0.4, -0.2) is 37.5 Å². The zero-order valence-corrected chi connectivity index (χ0v) is 27.7. The van der Waals surface area contributed by atoms with Gasteiger partial charge >= 0.3 is 30.5 Å². The molecule has 0 aliphatic heterocycles. The number of hydrogen-bond acceptors (Lipinski definition) is 7. The highest BCUT2D eigenvalue weighted by molar-refractivity contribution is 5.92. The number of carbonyl (C=O) groups is 3. The summed E-state index contributed by atoms with van der Waals surface area (Å²) in [6, 6.07) is 17.3. The Balaban J connectivity index is 2.15. The zero-order chi connectivity index (χ0) is 37.3. The van der Waals surface area contributed by atoms with Crippen LogP contribution in [0.15, 0.2) is 90.6 Å². The van der Waals surface area contributed by atoms with E-state index in [1.54, 1.807) is 69.3 Å². The van der Waals surface area contributed by atoms with E-state index in [-0.39, 0.29) is 18.2 Å². The molecule has 0 heterocycles. The van der Waals surface area contributed by atoms with Crippen LogP contribution in [0.2, 0.25) is 0 Å². The molecule has 0 saturated heterocycles. The van der Waals surface area contributed by atoms with Gasteiger partial charge in [0, 0.05) is 0 Å². The van der Waals surface area contributed by atoms with Crippen molar-refractivity contribution in [3.63, 3.8) is 0 Å². The lowest BCUT2D eigenvalue weighted by atomic mass is 9.89. The maximum atomic E-state index is 13.6. The summed E-state index contributed by atoms with van der Waals surface area (Å²) in [7, 11) is 1.02. The number of nitrogens with one attached hydrogen (secondary N) is 2. The zero-order valence-electron chi connectivity index (χ0n) is 27.7. The van der Waals surface area contributed by atoms with E-state index in [0.29, 0.717) is 17.7 Å². The molecule has 0 aliphatic carbocycles. The SMILES string of the molecule is COC(=O)C(=C[C@](CO[C@H](C)c1cc(C(F)(F)F)cc(C(F)(F)F)c1)(NC(=O)OCc1ccccc1)c1ccccc1)NC(=O)OC(C)(C)C. The molecule has 0 fully saturated rings. The quantitative estimate of drug-likeness (QED) is 0.0893. The van der Waals surface area contributed by atoms with Gasteiger partial charge in [-0.05, 0) is 68.7 Å². The highest BCUT2D eigenvalue weighted by Gasteiger charge is 2.39. The molecule has 15 heteroatoms. The molecule has 0 unspecified atom stereocenters. The Kier molecular flexibility index (Phi) is 12.7. The van der Waals surface area contributed by atoms with Gasteiger partial charge in [-0.1, -0.05) is 60.7 Å². The summed E-state index contributed by atoms with van der Waals surface area (Å²) in [5.74, 6) is -1.10. The van der Waals surface area contributed by atoms with Crippen molar-refractivity contribution in [2.75, 3.05) is 13.7 Å². The van der Waals surface area contributed by atoms with Gasteiger partial charge in [0.15, 0.2) is 0 Å². The van der Waals surface area contributed by atoms with E-state index in [0.717, 1.165) is 13.2 Å². The van der Waals surface area contributed by atoms with Crippen LogP contribution >= 0.6 is 0 Å². The first-order chi connectivity index (χ1) is 23.2. The van der Waals surface area contributed by atoms with Crippen molar-refractivity contribution in [3.05, 3.63) is 118 Å². The van der Waals surface area contributed by atoms with E-state index < -0.39 is 76.7 Å². The van der Waals surface area contributed by atoms with Crippen molar-refractivity contribution >= 4 is 18.2 Å². The molecule has 2 N–H and O–H groups in total. The predicted octanol–water partition coefficient (Wildman–Crippen LogP) is 8.21. The highest BCUT2D eigenvalue weighted by atomic mass is 19.4. The van der Waals surface area contributed by atoms with Gasteiger partial charge < -0.3 is 24.3 Å². The van der Waals surface area contributed by atoms with Crippen LogP contribution in [0.1, 0.15) is 61.6 Å². The molecule has 3 aromatic carbocycles. The minimum absolute atomic E-state index is 0.0114. The fraction of sp³-hybridized carbons (Fsp3) is 0.343. The number of esters is 1. The molecule has 0 bridgehead atoms. The Morgan fingerprint density at radius 1 is 0.780 bits per heavy atom. The first kappa shape index (κ1) is 39.4. The van der Waals surface area contributed by atoms with Crippen molar-refractivity contribution in [2.45, 2.75) is 63.9 Å². The second-order valence-corrected chi connectivity index (χ2v) is 12.0. The van der Waals surface area contributed by atoms with Crippen LogP contribution in [-0.2, 0) is 48.2 Å². The van der Waals surface area contributed by atoms with Crippen molar-refractivity contribution < 1.29 is 59.7 Å². The number of rotatable bonds is 11. The smallest absolute Gasteiger partial charge is 0.416 e. The highest BCUT2D eigenvalue weighted by Crippen LogP contribution is 2.38. The average molecular weight is 711 g/mol. The Hall–Kier alpha value is -5.05. The van der Waals surface area contributed by atoms with Gasteiger partial charge in [-0.25, -0.2) is 14.4 Å². The van der Waals surface area contributed by atoms with Crippen LogP contribution in [0.4, 0.5) is 35.9 Å². The lowest BCUT2D eigenvalue weighted by molar-refractivity contribution is -0.143. The first-order valence-corrected chi connectivity index (χ1v) is 15.0. The van der Waals surface area contributed by atoms with E-state index >= 15 is 0 Å². The number of benzene rings is 3. The standard InChI is InChI=1S/C35H36F6N2O7/c1-22(24-16-26(34(36,37)38)18-27(17-24)35(39,40)41)49-21-33(25-14-10-7-11-15-25,43-31(46)48-20-23-12-8-6-9-13-23)19-28(29(44)47-5)42-30(45)50-32(2,3)4/h6-19,22H,20-21H2,1-5H3,(H,42,45)(H,43,46)/t22-,33-/m1/s1. The third-order valence-electron chi connectivity index (χ3n) is 6.90. The molecule has 3 aromatic rings. The Morgan fingerprint density at radius 3 is 1.82 bits per heavy atom. The summed E-state index contributed by atoms with van der Waals surface area (Å²) in [4.78, 5) is 39.1. The van der Waals surface area contributed by atoms with Crippen LogP contribution in [0, 0.1) is 0 Å². The number of amides is 2. The largest absolute Gasteiger partial charge is 0.464 e. The normalized spacial score (nSPS) is 14.2. The number of ether oxygens (including phenoxy) is 4. The number of alkyl carbamates (subject to hydrolysis) is 2. The van der Waals surface area contributed by atoms with Crippen molar-refractivity contribution in [1.29, 1.82) is 0 Å². The third kappa shape index (κ3) is 11.5. The van der Waals surface area contributed by atoms with Crippen LogP contribution in [0.5, 0.6) is 0 Å². The van der Waals surface area contributed by atoms with Crippen molar-refractivity contribution in [2.24, 2.45) is 0 Å². The molecule has 3 rings (SSSR count). The van der Waals surface area contributed by atoms with Crippen LogP contribution < -0.4 is 10.6 Å². The number of alkyl halides is 6. The molecule has 0 saturated carbocycles.